The van der Waals surface area contributed by atoms with Crippen LogP contribution in [0.5, 0.6) is 23.0 Å². The predicted octanol–water partition coefficient (Wildman–Crippen LogP) is 5.32. The number of benzene rings is 2. The summed E-state index contributed by atoms with van der Waals surface area (Å²) < 4.78 is 148. The third kappa shape index (κ3) is 4.45. The molecular weight excluding hydrogens is 475 g/mol. The molecule has 0 saturated heterocycles. The monoisotopic (exact) mass is 484 g/mol. The van der Waals surface area contributed by atoms with Gasteiger partial charge in [-0.25, -0.2) is 0 Å². The minimum absolute atomic E-state index is 0.0730. The standard InChI is InChI=1S/C16H9F9O5S/c17-13(18,15(21,22)23)14(19,20)16(24,25)31(27,28)30-12-7-5-11(6-8-12)29-10-3-1-9(26)2-4-10/h1-8,26H. The summed E-state index contributed by atoms with van der Waals surface area (Å²) in [4.78, 5) is 0. The van der Waals surface area contributed by atoms with Crippen LogP contribution in [0.25, 0.3) is 0 Å². The topological polar surface area (TPSA) is 72.8 Å². The predicted molar refractivity (Wildman–Crippen MR) is 85.1 cm³/mol. The lowest BCUT2D eigenvalue weighted by molar-refractivity contribution is -0.382. The SMILES string of the molecule is O=S(=O)(Oc1ccc(Oc2ccc(O)cc2)cc1)C(F)(F)C(F)(F)C(F)(F)C(F)(F)F. The van der Waals surface area contributed by atoms with Gasteiger partial charge in [-0.05, 0) is 48.5 Å². The first kappa shape index (κ1) is 24.4. The Bertz CT molecular complexity index is 1020. The normalized spacial score (nSPS) is 13.7. The molecule has 0 aliphatic heterocycles. The number of phenols is 1. The Morgan fingerprint density at radius 3 is 1.45 bits per heavy atom. The number of hydrogen-bond acceptors (Lipinski definition) is 5. The third-order valence-corrected chi connectivity index (χ3v) is 4.83. The Morgan fingerprint density at radius 2 is 1.03 bits per heavy atom. The molecule has 15 heteroatoms. The molecule has 0 fully saturated rings. The summed E-state index contributed by atoms with van der Waals surface area (Å²) in [5.41, 5.74) is 0. The molecule has 0 spiro atoms. The van der Waals surface area contributed by atoms with Crippen LogP contribution in [0.1, 0.15) is 0 Å². The van der Waals surface area contributed by atoms with Gasteiger partial charge in [0.05, 0.1) is 0 Å². The van der Waals surface area contributed by atoms with Crippen LogP contribution in [0, 0.1) is 0 Å². The van der Waals surface area contributed by atoms with Gasteiger partial charge in [0.1, 0.15) is 23.0 Å². The van der Waals surface area contributed by atoms with E-state index in [2.05, 4.69) is 4.18 Å². The summed E-state index contributed by atoms with van der Waals surface area (Å²) in [6.45, 7) is 0. The van der Waals surface area contributed by atoms with Crippen molar-refractivity contribution < 1.29 is 62.0 Å². The van der Waals surface area contributed by atoms with E-state index in [1.807, 2.05) is 0 Å². The van der Waals surface area contributed by atoms with Crippen LogP contribution >= 0.6 is 0 Å². The van der Waals surface area contributed by atoms with Gasteiger partial charge < -0.3 is 14.0 Å². The first-order chi connectivity index (χ1) is 13.9. The van der Waals surface area contributed by atoms with Gasteiger partial charge in [0.25, 0.3) is 0 Å². The van der Waals surface area contributed by atoms with Crippen LogP contribution in [0.15, 0.2) is 48.5 Å². The van der Waals surface area contributed by atoms with E-state index in [1.54, 1.807) is 0 Å². The van der Waals surface area contributed by atoms with Crippen molar-refractivity contribution in [2.45, 2.75) is 23.3 Å². The van der Waals surface area contributed by atoms with E-state index in [0.717, 1.165) is 12.1 Å². The fourth-order valence-corrected chi connectivity index (χ4v) is 2.82. The van der Waals surface area contributed by atoms with E-state index < -0.39 is 39.1 Å². The van der Waals surface area contributed by atoms with Crippen molar-refractivity contribution in [2.75, 3.05) is 0 Å². The molecule has 0 aliphatic carbocycles. The Morgan fingerprint density at radius 1 is 0.645 bits per heavy atom. The van der Waals surface area contributed by atoms with Gasteiger partial charge in [-0.2, -0.15) is 47.9 Å². The van der Waals surface area contributed by atoms with Gasteiger partial charge in [-0.1, -0.05) is 0 Å². The smallest absolute Gasteiger partial charge is 0.460 e. The molecule has 1 N–H and O–H groups in total. The summed E-state index contributed by atoms with van der Waals surface area (Å²) in [5, 5.41) is 2.17. The molecule has 0 aromatic heterocycles. The van der Waals surface area contributed by atoms with Crippen molar-refractivity contribution in [3.05, 3.63) is 48.5 Å². The van der Waals surface area contributed by atoms with Crippen LogP contribution < -0.4 is 8.92 Å². The first-order valence-electron chi connectivity index (χ1n) is 7.63. The summed E-state index contributed by atoms with van der Waals surface area (Å²) in [6, 6.07) is 8.02. The lowest BCUT2D eigenvalue weighted by Gasteiger charge is -2.32. The highest BCUT2D eigenvalue weighted by Gasteiger charge is 2.86. The largest absolute Gasteiger partial charge is 0.508 e. The molecule has 0 saturated carbocycles. The molecule has 0 unspecified atom stereocenters. The highest BCUT2D eigenvalue weighted by molar-refractivity contribution is 7.88. The lowest BCUT2D eigenvalue weighted by atomic mass is 10.1. The molecule has 0 aliphatic rings. The third-order valence-electron chi connectivity index (χ3n) is 3.53. The molecule has 2 rings (SSSR count). The summed E-state index contributed by atoms with van der Waals surface area (Å²) in [6.07, 6.45) is -7.18. The Balaban J connectivity index is 2.25. The lowest BCUT2D eigenvalue weighted by Crippen LogP contribution is -2.63. The summed E-state index contributed by atoms with van der Waals surface area (Å²) >= 11 is 0. The van der Waals surface area contributed by atoms with E-state index in [0.29, 0.717) is 12.1 Å². The van der Waals surface area contributed by atoms with Gasteiger partial charge in [-0.3, -0.25) is 0 Å². The Kier molecular flexibility index (Phi) is 6.06. The molecule has 0 amide bonds. The number of halogens is 9. The zero-order valence-corrected chi connectivity index (χ0v) is 15.3. The van der Waals surface area contributed by atoms with E-state index in [1.165, 1.54) is 24.3 Å². The van der Waals surface area contributed by atoms with Crippen LogP contribution in [-0.2, 0) is 10.1 Å². The average Bonchev–Trinajstić information content (AvgIpc) is 2.63. The maximum absolute atomic E-state index is 13.6. The van der Waals surface area contributed by atoms with E-state index in [4.69, 9.17) is 9.84 Å². The number of phenolic OH excluding ortho intramolecular Hbond substituents is 1. The molecule has 2 aromatic rings. The Labute approximate surface area is 167 Å². The molecule has 2 aromatic carbocycles. The van der Waals surface area contributed by atoms with Gasteiger partial charge in [0, 0.05) is 0 Å². The van der Waals surface area contributed by atoms with Gasteiger partial charge in [0.15, 0.2) is 0 Å². The second-order valence-corrected chi connectivity index (χ2v) is 7.36. The summed E-state index contributed by atoms with van der Waals surface area (Å²) in [5.74, 6) is -15.9. The van der Waals surface area contributed by atoms with E-state index in [9.17, 15) is 47.9 Å². The molecule has 0 bridgehead atoms. The number of rotatable bonds is 7. The van der Waals surface area contributed by atoms with Crippen LogP contribution in [0.4, 0.5) is 39.5 Å². The van der Waals surface area contributed by atoms with Crippen molar-refractivity contribution in [1.29, 1.82) is 0 Å². The maximum Gasteiger partial charge on any atom is 0.460 e. The molecule has 0 heterocycles. The minimum atomic E-state index is -7.39. The van der Waals surface area contributed by atoms with Crippen LogP contribution in [0.3, 0.4) is 0 Å². The highest BCUT2D eigenvalue weighted by Crippen LogP contribution is 2.55. The number of ether oxygens (including phenoxy) is 1. The van der Waals surface area contributed by atoms with Gasteiger partial charge in [-0.15, -0.1) is 0 Å². The van der Waals surface area contributed by atoms with Crippen molar-refractivity contribution in [3.8, 4) is 23.0 Å². The van der Waals surface area contributed by atoms with Gasteiger partial charge >= 0.3 is 33.4 Å². The van der Waals surface area contributed by atoms with Crippen LogP contribution in [-0.4, -0.2) is 36.8 Å². The van der Waals surface area contributed by atoms with Crippen molar-refractivity contribution in [2.24, 2.45) is 0 Å². The van der Waals surface area contributed by atoms with E-state index >= 15 is 0 Å². The fourth-order valence-electron chi connectivity index (χ4n) is 1.91. The number of aromatic hydroxyl groups is 1. The van der Waals surface area contributed by atoms with Crippen molar-refractivity contribution in [3.63, 3.8) is 0 Å². The second-order valence-electron chi connectivity index (χ2n) is 5.77. The second kappa shape index (κ2) is 7.69. The maximum atomic E-state index is 13.6. The zero-order valence-electron chi connectivity index (χ0n) is 14.5. The number of hydrogen-bond donors (Lipinski definition) is 1. The quantitative estimate of drug-likeness (QED) is 0.426. The van der Waals surface area contributed by atoms with Crippen molar-refractivity contribution in [1.82, 2.24) is 0 Å². The minimum Gasteiger partial charge on any atom is -0.508 e. The average molecular weight is 484 g/mol. The highest BCUT2D eigenvalue weighted by atomic mass is 32.2. The Hall–Kier alpha value is -2.84. The van der Waals surface area contributed by atoms with Gasteiger partial charge in [0.2, 0.25) is 0 Å². The molecule has 0 atom stereocenters. The zero-order chi connectivity index (χ0) is 23.9. The molecule has 5 nitrogen and oxygen atoms in total. The molecule has 0 radical (unpaired) electrons. The van der Waals surface area contributed by atoms with Crippen molar-refractivity contribution >= 4 is 10.1 Å². The van der Waals surface area contributed by atoms with E-state index in [-0.39, 0.29) is 17.2 Å². The van der Waals surface area contributed by atoms with Crippen LogP contribution in [0.2, 0.25) is 0 Å². The first-order valence-corrected chi connectivity index (χ1v) is 9.04. The molecule has 31 heavy (non-hydrogen) atoms. The fraction of sp³-hybridized carbons (Fsp3) is 0.250. The number of alkyl halides is 9. The molecule has 172 valence electrons. The molecular formula is C16H9F9O5S. The summed E-state index contributed by atoms with van der Waals surface area (Å²) in [7, 11) is -7.02.